The highest BCUT2D eigenvalue weighted by Gasteiger charge is 2.32. The third-order valence-corrected chi connectivity index (χ3v) is 27.1. The Morgan fingerprint density at radius 3 is 2.43 bits per heavy atom. The number of rotatable bonds is 3. The lowest BCUT2D eigenvalue weighted by Crippen LogP contribution is -1.97. The van der Waals surface area contributed by atoms with Crippen LogP contribution in [0.15, 0.2) is 24.3 Å². The van der Waals surface area contributed by atoms with Gasteiger partial charge >= 0.3 is 0 Å². The fourth-order valence-corrected chi connectivity index (χ4v) is 26.3. The van der Waals surface area contributed by atoms with Crippen molar-refractivity contribution in [3.05, 3.63) is 24.3 Å². The Bertz CT molecular complexity index is 301. The van der Waals surface area contributed by atoms with Gasteiger partial charge in [-0.2, -0.15) is 0 Å². The van der Waals surface area contributed by atoms with E-state index >= 15 is 0 Å². The third-order valence-electron chi connectivity index (χ3n) is 1.63. The van der Waals surface area contributed by atoms with Gasteiger partial charge in [0, 0.05) is 0 Å². The van der Waals surface area contributed by atoms with Gasteiger partial charge in [0.1, 0.15) is 5.75 Å². The van der Waals surface area contributed by atoms with E-state index in [0.29, 0.717) is 0 Å². The summed E-state index contributed by atoms with van der Waals surface area (Å²) in [6.45, 7) is 0. The minimum atomic E-state index is -0.0186. The lowest BCUT2D eigenvalue weighted by molar-refractivity contribution is 0.415. The van der Waals surface area contributed by atoms with Gasteiger partial charge < -0.3 is 4.74 Å². The SMILES string of the molecule is COc1ccc(P2SP(SS)S2)cc1. The lowest BCUT2D eigenvalue weighted by Gasteiger charge is -2.31. The minimum absolute atomic E-state index is 0.0186. The van der Waals surface area contributed by atoms with Crippen molar-refractivity contribution in [2.45, 2.75) is 0 Å². The predicted octanol–water partition coefficient (Wildman–Crippen LogP) is 4.92. The van der Waals surface area contributed by atoms with Crippen molar-refractivity contribution in [1.82, 2.24) is 0 Å². The summed E-state index contributed by atoms with van der Waals surface area (Å²) < 4.78 is 5.12. The Labute approximate surface area is 103 Å². The van der Waals surface area contributed by atoms with Crippen molar-refractivity contribution in [2.75, 3.05) is 7.11 Å². The van der Waals surface area contributed by atoms with Crippen LogP contribution in [0.2, 0.25) is 0 Å². The molecule has 0 saturated carbocycles. The molecule has 1 heterocycles. The molecule has 0 unspecified atom stereocenters. The first-order valence-corrected chi connectivity index (χ1v) is 13.0. The Kier molecular flexibility index (Phi) is 4.67. The van der Waals surface area contributed by atoms with E-state index in [2.05, 4.69) is 45.8 Å². The van der Waals surface area contributed by atoms with Gasteiger partial charge in [-0.1, -0.05) is 22.0 Å². The molecule has 1 aromatic rings. The second kappa shape index (κ2) is 5.56. The van der Waals surface area contributed by atoms with Crippen LogP contribution in [0.5, 0.6) is 5.75 Å². The fourth-order valence-electron chi connectivity index (χ4n) is 0.955. The van der Waals surface area contributed by atoms with E-state index in [1.54, 1.807) is 17.5 Å². The third kappa shape index (κ3) is 2.69. The second-order valence-electron chi connectivity index (χ2n) is 2.42. The van der Waals surface area contributed by atoms with Crippen LogP contribution in [0, 0.1) is 0 Å². The van der Waals surface area contributed by atoms with Crippen LogP contribution >= 0.6 is 55.9 Å². The van der Waals surface area contributed by atoms with E-state index in [4.69, 9.17) is 4.74 Å². The van der Waals surface area contributed by atoms with Crippen LogP contribution in [0.25, 0.3) is 0 Å². The Morgan fingerprint density at radius 2 is 1.93 bits per heavy atom. The van der Waals surface area contributed by atoms with Gasteiger partial charge in [0.15, 0.2) is 0 Å². The molecule has 0 aliphatic carbocycles. The van der Waals surface area contributed by atoms with E-state index in [-0.39, 0.29) is 11.9 Å². The molecule has 1 aliphatic heterocycles. The van der Waals surface area contributed by atoms with Gasteiger partial charge in [0.05, 0.1) is 19.0 Å². The highest BCUT2D eigenvalue weighted by Crippen LogP contribution is 3.00. The first kappa shape index (κ1) is 11.8. The van der Waals surface area contributed by atoms with Gasteiger partial charge in [-0.25, -0.2) is 0 Å². The Hall–Kier alpha value is 1.28. The van der Waals surface area contributed by atoms with Crippen molar-refractivity contribution in [3.63, 3.8) is 0 Å². The molecular formula is C7H8OP2S4. The molecule has 0 amide bonds. The maximum atomic E-state index is 5.12. The summed E-state index contributed by atoms with van der Waals surface area (Å²) in [6.07, 6.45) is -0.0186. The number of methoxy groups -OCH3 is 1. The molecule has 14 heavy (non-hydrogen) atoms. The van der Waals surface area contributed by atoms with Crippen molar-refractivity contribution >= 4 is 61.2 Å². The standard InChI is InChI=1S/C7H8OP2S4/c1-8-6-2-4-7(5-3-6)9-12-10(13-9)14-11/h2-5,11H,1H3. The molecule has 1 aliphatic rings. The molecular weight excluding hydrogens is 290 g/mol. The van der Waals surface area contributed by atoms with Crippen LogP contribution in [0.4, 0.5) is 0 Å². The molecule has 0 spiro atoms. The molecule has 2 rings (SSSR count). The highest BCUT2D eigenvalue weighted by molar-refractivity contribution is 9.50. The van der Waals surface area contributed by atoms with Crippen molar-refractivity contribution in [2.24, 2.45) is 0 Å². The second-order valence-corrected chi connectivity index (χ2v) is 18.5. The van der Waals surface area contributed by atoms with Crippen LogP contribution < -0.4 is 10.0 Å². The van der Waals surface area contributed by atoms with Gasteiger partial charge in [-0.15, -0.1) is 11.7 Å². The number of thiol groups is 1. The Morgan fingerprint density at radius 1 is 1.29 bits per heavy atom. The van der Waals surface area contributed by atoms with Crippen LogP contribution in [-0.4, -0.2) is 7.11 Å². The molecule has 0 aromatic heterocycles. The highest BCUT2D eigenvalue weighted by atomic mass is 33.8. The largest absolute Gasteiger partial charge is 0.497 e. The summed E-state index contributed by atoms with van der Waals surface area (Å²) in [6, 6.07) is 8.40. The lowest BCUT2D eigenvalue weighted by atomic mass is 10.3. The molecule has 1 saturated heterocycles. The molecule has 7 heteroatoms. The maximum Gasteiger partial charge on any atom is 0.118 e. The molecule has 0 bridgehead atoms. The number of ether oxygens (including phenoxy) is 1. The average molecular weight is 298 g/mol. The van der Waals surface area contributed by atoms with Crippen LogP contribution in [0.1, 0.15) is 0 Å². The van der Waals surface area contributed by atoms with E-state index in [1.165, 1.54) is 5.30 Å². The van der Waals surface area contributed by atoms with E-state index in [0.717, 1.165) is 5.75 Å². The first-order valence-electron chi connectivity index (χ1n) is 3.75. The van der Waals surface area contributed by atoms with Crippen LogP contribution in [0.3, 0.4) is 0 Å². The maximum absolute atomic E-state index is 5.12. The molecule has 1 nitrogen and oxygen atoms in total. The minimum Gasteiger partial charge on any atom is -0.497 e. The van der Waals surface area contributed by atoms with Gasteiger partial charge in [0.25, 0.3) is 0 Å². The summed E-state index contributed by atoms with van der Waals surface area (Å²) in [5, 5.41) is 1.44. The topological polar surface area (TPSA) is 9.23 Å². The van der Waals surface area contributed by atoms with E-state index in [1.807, 2.05) is 12.1 Å². The zero-order valence-corrected chi connectivity index (χ0v) is 12.4. The molecule has 0 radical (unpaired) electrons. The average Bonchev–Trinajstić information content (AvgIpc) is 2.17. The molecule has 0 N–H and O–H groups in total. The number of benzene rings is 1. The van der Waals surface area contributed by atoms with Gasteiger partial charge in [-0.3, -0.25) is 0 Å². The smallest absolute Gasteiger partial charge is 0.118 e. The molecule has 1 aromatic carbocycles. The molecule has 76 valence electrons. The predicted molar refractivity (Wildman–Crippen MR) is 78.2 cm³/mol. The van der Waals surface area contributed by atoms with Crippen molar-refractivity contribution in [3.8, 4) is 5.75 Å². The number of hydrogen-bond acceptors (Lipinski definition) is 5. The zero-order valence-electron chi connectivity index (χ0n) is 7.28. The van der Waals surface area contributed by atoms with Gasteiger partial charge in [-0.05, 0) is 40.0 Å². The normalized spacial score (nSPS) is 25.6. The van der Waals surface area contributed by atoms with Crippen molar-refractivity contribution < 1.29 is 4.74 Å². The van der Waals surface area contributed by atoms with Crippen LogP contribution in [-0.2, 0) is 0 Å². The Balaban J connectivity index is 1.98. The summed E-state index contributed by atoms with van der Waals surface area (Å²) >= 11 is 8.38. The van der Waals surface area contributed by atoms with E-state index in [9.17, 15) is 0 Å². The molecule has 1 fully saturated rings. The quantitative estimate of drug-likeness (QED) is 0.481. The van der Waals surface area contributed by atoms with E-state index < -0.39 is 0 Å². The van der Waals surface area contributed by atoms with Gasteiger partial charge in [0.2, 0.25) is 0 Å². The summed E-state index contributed by atoms with van der Waals surface area (Å²) in [5.41, 5.74) is 0.0420. The summed E-state index contributed by atoms with van der Waals surface area (Å²) in [7, 11) is 3.39. The molecule has 0 atom stereocenters. The summed E-state index contributed by atoms with van der Waals surface area (Å²) in [4.78, 5) is 0. The monoisotopic (exact) mass is 298 g/mol. The zero-order chi connectivity index (χ0) is 9.97. The first-order chi connectivity index (χ1) is 6.83. The van der Waals surface area contributed by atoms with Crippen molar-refractivity contribution in [1.29, 1.82) is 0 Å². The number of hydrogen-bond donors (Lipinski definition) is 1. The fraction of sp³-hybridized carbons (Fsp3) is 0.143. The summed E-state index contributed by atoms with van der Waals surface area (Å²) in [5.74, 6) is 0.935.